The van der Waals surface area contributed by atoms with E-state index in [1.807, 2.05) is 25.1 Å². The van der Waals surface area contributed by atoms with Gasteiger partial charge in [-0.1, -0.05) is 6.07 Å². The molecule has 0 amide bonds. The smallest absolute Gasteiger partial charge is 0.142 e. The molecule has 0 aliphatic carbocycles. The summed E-state index contributed by atoms with van der Waals surface area (Å²) in [6.07, 6.45) is 3.29. The topological polar surface area (TPSA) is 63.7 Å². The summed E-state index contributed by atoms with van der Waals surface area (Å²) in [7, 11) is 1.66. The normalized spacial score (nSPS) is 10.8. The van der Waals surface area contributed by atoms with Crippen LogP contribution in [0.3, 0.4) is 0 Å². The number of rotatable bonds is 2. The van der Waals surface area contributed by atoms with Crippen LogP contribution in [0.1, 0.15) is 5.56 Å². The van der Waals surface area contributed by atoms with Gasteiger partial charge in [-0.2, -0.15) is 10.2 Å². The number of benzene rings is 1. The number of aromatic nitrogens is 4. The number of H-pyrrole nitrogens is 1. The number of hydrogen-bond acceptors (Lipinski definition) is 4. The number of imidazole rings is 1. The largest absolute Gasteiger partial charge is 0.496 e. The molecule has 0 bridgehead atoms. The first-order chi connectivity index (χ1) is 8.78. The molecule has 1 N–H and O–H groups in total. The van der Waals surface area contributed by atoms with Crippen molar-refractivity contribution in [2.24, 2.45) is 0 Å². The fourth-order valence-electron chi connectivity index (χ4n) is 1.90. The Bertz CT molecular complexity index is 672. The molecule has 5 heteroatoms. The molecule has 0 radical (unpaired) electrons. The fourth-order valence-corrected chi connectivity index (χ4v) is 1.90. The van der Waals surface area contributed by atoms with Gasteiger partial charge in [0.05, 0.1) is 30.6 Å². The standard InChI is InChI=1S/C13H12N4O/c1-8-3-4-9(12(5-8)18-2)13-16-10-6-14-15-7-11(10)17-13/h3-7H,1-2H3,(H,16,17). The Morgan fingerprint density at radius 2 is 2.00 bits per heavy atom. The lowest BCUT2D eigenvalue weighted by molar-refractivity contribution is 0.416. The molecule has 2 aromatic heterocycles. The molecule has 0 saturated carbocycles. The second kappa shape index (κ2) is 4.10. The Balaban J connectivity index is 2.19. The summed E-state index contributed by atoms with van der Waals surface area (Å²) in [5, 5.41) is 7.64. The van der Waals surface area contributed by atoms with E-state index in [9.17, 15) is 0 Å². The van der Waals surface area contributed by atoms with Gasteiger partial charge in [-0.15, -0.1) is 0 Å². The average Bonchev–Trinajstić information content (AvgIpc) is 2.82. The van der Waals surface area contributed by atoms with Crippen LogP contribution >= 0.6 is 0 Å². The van der Waals surface area contributed by atoms with Crippen LogP contribution in [0.25, 0.3) is 22.4 Å². The van der Waals surface area contributed by atoms with Crippen LogP contribution in [0.5, 0.6) is 5.75 Å². The molecule has 2 heterocycles. The molecule has 3 rings (SSSR count). The third kappa shape index (κ3) is 1.69. The Kier molecular flexibility index (Phi) is 2.44. The Hall–Kier alpha value is -2.43. The molecule has 0 fully saturated rings. The van der Waals surface area contributed by atoms with E-state index < -0.39 is 0 Å². The van der Waals surface area contributed by atoms with Crippen LogP contribution in [0.15, 0.2) is 30.6 Å². The first-order valence-corrected chi connectivity index (χ1v) is 5.59. The summed E-state index contributed by atoms with van der Waals surface area (Å²) in [6, 6.07) is 6.01. The number of aryl methyl sites for hydroxylation is 1. The number of nitrogens with zero attached hydrogens (tertiary/aromatic N) is 3. The molecule has 0 atom stereocenters. The van der Waals surface area contributed by atoms with Crippen LogP contribution in [-0.4, -0.2) is 27.3 Å². The zero-order valence-corrected chi connectivity index (χ0v) is 10.1. The van der Waals surface area contributed by atoms with Crippen molar-refractivity contribution in [3.05, 3.63) is 36.2 Å². The summed E-state index contributed by atoms with van der Waals surface area (Å²) in [5.74, 6) is 1.56. The first-order valence-electron chi connectivity index (χ1n) is 5.59. The highest BCUT2D eigenvalue weighted by Crippen LogP contribution is 2.29. The van der Waals surface area contributed by atoms with Gasteiger partial charge in [-0.3, -0.25) is 0 Å². The van der Waals surface area contributed by atoms with Gasteiger partial charge in [-0.25, -0.2) is 4.98 Å². The maximum Gasteiger partial charge on any atom is 0.142 e. The van der Waals surface area contributed by atoms with E-state index in [4.69, 9.17) is 4.74 Å². The molecular weight excluding hydrogens is 228 g/mol. The number of fused-ring (bicyclic) bond motifs is 1. The molecule has 0 aliphatic heterocycles. The van der Waals surface area contributed by atoms with E-state index in [0.717, 1.165) is 33.7 Å². The minimum absolute atomic E-state index is 0.761. The number of ether oxygens (including phenoxy) is 1. The van der Waals surface area contributed by atoms with E-state index in [2.05, 4.69) is 20.2 Å². The monoisotopic (exact) mass is 240 g/mol. The summed E-state index contributed by atoms with van der Waals surface area (Å²) in [6.45, 7) is 2.03. The molecule has 90 valence electrons. The van der Waals surface area contributed by atoms with Crippen LogP contribution in [0.4, 0.5) is 0 Å². The zero-order valence-electron chi connectivity index (χ0n) is 10.1. The van der Waals surface area contributed by atoms with E-state index in [1.165, 1.54) is 0 Å². The van der Waals surface area contributed by atoms with Gasteiger partial charge in [0.15, 0.2) is 0 Å². The highest BCUT2D eigenvalue weighted by molar-refractivity contribution is 5.79. The van der Waals surface area contributed by atoms with Gasteiger partial charge >= 0.3 is 0 Å². The third-order valence-corrected chi connectivity index (χ3v) is 2.81. The fraction of sp³-hybridized carbons (Fsp3) is 0.154. The zero-order chi connectivity index (χ0) is 12.5. The van der Waals surface area contributed by atoms with Crippen LogP contribution in [-0.2, 0) is 0 Å². The number of hydrogen-bond donors (Lipinski definition) is 1. The first kappa shape index (κ1) is 10.7. The minimum Gasteiger partial charge on any atom is -0.496 e. The van der Waals surface area contributed by atoms with E-state index in [1.54, 1.807) is 19.5 Å². The Morgan fingerprint density at radius 3 is 2.78 bits per heavy atom. The van der Waals surface area contributed by atoms with Gasteiger partial charge in [0, 0.05) is 0 Å². The van der Waals surface area contributed by atoms with Crippen LogP contribution < -0.4 is 4.74 Å². The highest BCUT2D eigenvalue weighted by Gasteiger charge is 2.10. The van der Waals surface area contributed by atoms with E-state index >= 15 is 0 Å². The molecule has 18 heavy (non-hydrogen) atoms. The SMILES string of the molecule is COc1cc(C)ccc1-c1nc2cnncc2[nH]1. The molecule has 3 aromatic rings. The van der Waals surface area contributed by atoms with Gasteiger partial charge in [0.25, 0.3) is 0 Å². The second-order valence-corrected chi connectivity index (χ2v) is 4.08. The third-order valence-electron chi connectivity index (χ3n) is 2.81. The van der Waals surface area contributed by atoms with Crippen molar-refractivity contribution in [1.29, 1.82) is 0 Å². The lowest BCUT2D eigenvalue weighted by Crippen LogP contribution is -1.90. The molecule has 0 saturated heterocycles. The van der Waals surface area contributed by atoms with E-state index in [-0.39, 0.29) is 0 Å². The van der Waals surface area contributed by atoms with Crippen LogP contribution in [0, 0.1) is 6.92 Å². The minimum atomic E-state index is 0.761. The number of methoxy groups -OCH3 is 1. The van der Waals surface area contributed by atoms with Crippen molar-refractivity contribution in [1.82, 2.24) is 20.2 Å². The van der Waals surface area contributed by atoms with Crippen molar-refractivity contribution in [3.63, 3.8) is 0 Å². The summed E-state index contributed by atoms with van der Waals surface area (Å²) >= 11 is 0. The summed E-state index contributed by atoms with van der Waals surface area (Å²) in [4.78, 5) is 7.70. The maximum absolute atomic E-state index is 5.39. The molecule has 0 spiro atoms. The number of nitrogens with one attached hydrogen (secondary N) is 1. The van der Waals surface area contributed by atoms with Crippen molar-refractivity contribution in [2.45, 2.75) is 6.92 Å². The summed E-state index contributed by atoms with van der Waals surface area (Å²) in [5.41, 5.74) is 3.74. The van der Waals surface area contributed by atoms with E-state index in [0.29, 0.717) is 0 Å². The highest BCUT2D eigenvalue weighted by atomic mass is 16.5. The van der Waals surface area contributed by atoms with Gasteiger partial charge in [-0.05, 0) is 24.6 Å². The van der Waals surface area contributed by atoms with Crippen molar-refractivity contribution in [3.8, 4) is 17.1 Å². The molecule has 0 aliphatic rings. The molecule has 1 aromatic carbocycles. The lowest BCUT2D eigenvalue weighted by Gasteiger charge is -2.06. The number of aromatic amines is 1. The molecule has 5 nitrogen and oxygen atoms in total. The van der Waals surface area contributed by atoms with Crippen molar-refractivity contribution in [2.75, 3.05) is 7.11 Å². The van der Waals surface area contributed by atoms with Gasteiger partial charge in [0.2, 0.25) is 0 Å². The predicted molar refractivity (Wildman–Crippen MR) is 68.4 cm³/mol. The molecule has 0 unspecified atom stereocenters. The van der Waals surface area contributed by atoms with Gasteiger partial charge in [0.1, 0.15) is 17.1 Å². The Morgan fingerprint density at radius 1 is 1.17 bits per heavy atom. The molecular formula is C13H12N4O. The predicted octanol–water partition coefficient (Wildman–Crippen LogP) is 2.34. The lowest BCUT2D eigenvalue weighted by atomic mass is 10.1. The van der Waals surface area contributed by atoms with Gasteiger partial charge < -0.3 is 9.72 Å². The second-order valence-electron chi connectivity index (χ2n) is 4.08. The Labute approximate surface area is 104 Å². The van der Waals surface area contributed by atoms with Crippen molar-refractivity contribution >= 4 is 11.0 Å². The summed E-state index contributed by atoms with van der Waals surface area (Å²) < 4.78 is 5.39. The van der Waals surface area contributed by atoms with Crippen LogP contribution in [0.2, 0.25) is 0 Å². The quantitative estimate of drug-likeness (QED) is 0.746. The van der Waals surface area contributed by atoms with Crippen molar-refractivity contribution < 1.29 is 4.74 Å². The average molecular weight is 240 g/mol. The maximum atomic E-state index is 5.39.